The third kappa shape index (κ3) is 4.25. The van der Waals surface area contributed by atoms with Gasteiger partial charge in [-0.2, -0.15) is 5.26 Å². The average Bonchev–Trinajstić information content (AvgIpc) is 2.26. The number of hydrogen-bond acceptors (Lipinski definition) is 3. The minimum atomic E-state index is -0.0768. The van der Waals surface area contributed by atoms with Crippen molar-refractivity contribution in [3.05, 3.63) is 28.7 Å². The Kier molecular flexibility index (Phi) is 5.77. The van der Waals surface area contributed by atoms with Crippen LogP contribution in [0, 0.1) is 11.3 Å². The van der Waals surface area contributed by atoms with E-state index in [9.17, 15) is 0 Å². The Balaban J connectivity index is 2.50. The van der Waals surface area contributed by atoms with E-state index in [4.69, 9.17) is 5.26 Å². The Morgan fingerprint density at radius 1 is 1.53 bits per heavy atom. The first-order valence-corrected chi connectivity index (χ1v) is 6.56. The first-order valence-electron chi connectivity index (χ1n) is 4.78. The van der Waals surface area contributed by atoms with E-state index in [1.165, 1.54) is 4.90 Å². The van der Waals surface area contributed by atoms with Gasteiger partial charge < -0.3 is 5.32 Å². The van der Waals surface area contributed by atoms with Crippen molar-refractivity contribution in [2.45, 2.75) is 17.9 Å². The normalized spacial score (nSPS) is 12.1. The molecule has 1 atom stereocenters. The van der Waals surface area contributed by atoms with Gasteiger partial charge in [0.2, 0.25) is 0 Å². The van der Waals surface area contributed by atoms with E-state index < -0.39 is 0 Å². The lowest BCUT2D eigenvalue weighted by molar-refractivity contribution is 0.677. The largest absolute Gasteiger partial charge is 0.302 e. The van der Waals surface area contributed by atoms with Crippen molar-refractivity contribution in [2.75, 3.05) is 12.3 Å². The molecule has 0 amide bonds. The Hall–Kier alpha value is -0.500. The minimum Gasteiger partial charge on any atom is -0.302 e. The number of nitrogens with one attached hydrogen (secondary N) is 1. The van der Waals surface area contributed by atoms with Crippen LogP contribution in [0.2, 0.25) is 0 Å². The van der Waals surface area contributed by atoms with E-state index >= 15 is 0 Å². The molecule has 2 nitrogen and oxygen atoms in total. The number of nitriles is 1. The molecule has 80 valence electrons. The molecular formula is C11H13BrN2S. The molecule has 0 saturated carbocycles. The van der Waals surface area contributed by atoms with Crippen LogP contribution < -0.4 is 5.32 Å². The van der Waals surface area contributed by atoms with Crippen molar-refractivity contribution in [2.24, 2.45) is 0 Å². The average molecular weight is 285 g/mol. The van der Waals surface area contributed by atoms with E-state index in [1.54, 1.807) is 11.8 Å². The lowest BCUT2D eigenvalue weighted by atomic mass is 10.4. The molecule has 1 rings (SSSR count). The smallest absolute Gasteiger partial charge is 0.105 e. The van der Waals surface area contributed by atoms with E-state index in [0.29, 0.717) is 0 Å². The maximum Gasteiger partial charge on any atom is 0.105 e. The molecule has 0 fully saturated rings. The molecule has 1 aromatic carbocycles. The molecule has 4 heteroatoms. The number of benzene rings is 1. The summed E-state index contributed by atoms with van der Waals surface area (Å²) >= 11 is 5.17. The molecule has 1 aromatic rings. The third-order valence-corrected chi connectivity index (χ3v) is 3.97. The van der Waals surface area contributed by atoms with Crippen LogP contribution in [0.1, 0.15) is 6.92 Å². The van der Waals surface area contributed by atoms with Crippen molar-refractivity contribution >= 4 is 27.7 Å². The summed E-state index contributed by atoms with van der Waals surface area (Å²) in [6.45, 7) is 2.84. The highest BCUT2D eigenvalue weighted by Gasteiger charge is 2.07. The summed E-state index contributed by atoms with van der Waals surface area (Å²) in [5.74, 6) is 0.771. The predicted octanol–water partition coefficient (Wildman–Crippen LogP) is 3.04. The van der Waals surface area contributed by atoms with Gasteiger partial charge in [-0.1, -0.05) is 19.1 Å². The van der Waals surface area contributed by atoms with Crippen molar-refractivity contribution in [1.82, 2.24) is 5.32 Å². The topological polar surface area (TPSA) is 35.8 Å². The molecule has 0 bridgehead atoms. The lowest BCUT2D eigenvalue weighted by Crippen LogP contribution is -2.29. The Bertz CT molecular complexity index is 349. The van der Waals surface area contributed by atoms with Crippen LogP contribution in [0.5, 0.6) is 0 Å². The van der Waals surface area contributed by atoms with Crippen LogP contribution in [-0.2, 0) is 0 Å². The second-order valence-electron chi connectivity index (χ2n) is 2.98. The lowest BCUT2D eigenvalue weighted by Gasteiger charge is -2.09. The second kappa shape index (κ2) is 6.89. The highest BCUT2D eigenvalue weighted by molar-refractivity contribution is 9.10. The Morgan fingerprint density at radius 2 is 2.27 bits per heavy atom. The highest BCUT2D eigenvalue weighted by atomic mass is 79.9. The monoisotopic (exact) mass is 284 g/mol. The van der Waals surface area contributed by atoms with E-state index in [1.807, 2.05) is 25.1 Å². The molecule has 0 radical (unpaired) electrons. The van der Waals surface area contributed by atoms with Gasteiger partial charge in [0.15, 0.2) is 0 Å². The van der Waals surface area contributed by atoms with E-state index in [2.05, 4.69) is 33.4 Å². The molecule has 1 N–H and O–H groups in total. The molecule has 0 aliphatic heterocycles. The molecule has 0 aliphatic carbocycles. The fourth-order valence-corrected chi connectivity index (χ4v) is 2.67. The quantitative estimate of drug-likeness (QED) is 0.845. The number of halogens is 1. The van der Waals surface area contributed by atoms with E-state index in [0.717, 1.165) is 16.8 Å². The maximum absolute atomic E-state index is 8.87. The van der Waals surface area contributed by atoms with Crippen LogP contribution >= 0.6 is 27.7 Å². The van der Waals surface area contributed by atoms with Crippen molar-refractivity contribution in [3.8, 4) is 6.07 Å². The molecular weight excluding hydrogens is 272 g/mol. The van der Waals surface area contributed by atoms with Crippen molar-refractivity contribution < 1.29 is 0 Å². The zero-order valence-electron chi connectivity index (χ0n) is 8.53. The summed E-state index contributed by atoms with van der Waals surface area (Å²) < 4.78 is 1.09. The zero-order chi connectivity index (χ0) is 11.1. The molecule has 1 unspecified atom stereocenters. The number of hydrogen-bond donors (Lipinski definition) is 1. The van der Waals surface area contributed by atoms with Gasteiger partial charge in [0.05, 0.1) is 6.07 Å². The Labute approximate surface area is 103 Å². The van der Waals surface area contributed by atoms with Crippen LogP contribution in [0.15, 0.2) is 33.6 Å². The van der Waals surface area contributed by atoms with Gasteiger partial charge >= 0.3 is 0 Å². The van der Waals surface area contributed by atoms with Crippen molar-refractivity contribution in [1.29, 1.82) is 5.26 Å². The maximum atomic E-state index is 8.87. The first kappa shape index (κ1) is 12.6. The van der Waals surface area contributed by atoms with Crippen LogP contribution in [0.25, 0.3) is 0 Å². The summed E-state index contributed by atoms with van der Waals surface area (Å²) in [5, 5.41) is 12.0. The molecule has 0 aliphatic rings. The predicted molar refractivity (Wildman–Crippen MR) is 67.9 cm³/mol. The third-order valence-electron chi connectivity index (χ3n) is 1.85. The summed E-state index contributed by atoms with van der Waals surface area (Å²) in [6, 6.07) is 10.2. The number of thioether (sulfide) groups is 1. The van der Waals surface area contributed by atoms with Gasteiger partial charge in [0.25, 0.3) is 0 Å². The molecule has 0 saturated heterocycles. The number of rotatable bonds is 5. The summed E-state index contributed by atoms with van der Waals surface area (Å²) in [5.41, 5.74) is 0. The molecule has 15 heavy (non-hydrogen) atoms. The second-order valence-corrected chi connectivity index (χ2v) is 4.90. The Morgan fingerprint density at radius 3 is 2.87 bits per heavy atom. The minimum absolute atomic E-state index is 0.0768. The van der Waals surface area contributed by atoms with Gasteiger partial charge in [-0.05, 0) is 34.6 Å². The molecule has 0 heterocycles. The summed E-state index contributed by atoms with van der Waals surface area (Å²) in [7, 11) is 0. The number of nitrogens with zero attached hydrogens (tertiary/aromatic N) is 1. The van der Waals surface area contributed by atoms with Crippen LogP contribution in [0.4, 0.5) is 0 Å². The molecule has 0 aromatic heterocycles. The SMILES string of the molecule is CCNC(C#N)CSc1ccccc1Br. The highest BCUT2D eigenvalue weighted by Crippen LogP contribution is 2.27. The fourth-order valence-electron chi connectivity index (χ4n) is 1.12. The van der Waals surface area contributed by atoms with E-state index in [-0.39, 0.29) is 6.04 Å². The van der Waals surface area contributed by atoms with Gasteiger partial charge in [-0.25, -0.2) is 0 Å². The summed E-state index contributed by atoms with van der Waals surface area (Å²) in [4.78, 5) is 1.18. The van der Waals surface area contributed by atoms with Crippen molar-refractivity contribution in [3.63, 3.8) is 0 Å². The standard InChI is InChI=1S/C11H13BrN2S/c1-2-14-9(7-13)8-15-11-6-4-3-5-10(11)12/h3-6,9,14H,2,8H2,1H3. The molecule has 0 spiro atoms. The first-order chi connectivity index (χ1) is 7.27. The van der Waals surface area contributed by atoms with Crippen LogP contribution in [0.3, 0.4) is 0 Å². The van der Waals surface area contributed by atoms with Gasteiger partial charge in [-0.15, -0.1) is 11.8 Å². The zero-order valence-corrected chi connectivity index (χ0v) is 10.9. The van der Waals surface area contributed by atoms with Gasteiger partial charge in [0.1, 0.15) is 6.04 Å². The summed E-state index contributed by atoms with van der Waals surface area (Å²) in [6.07, 6.45) is 0. The van der Waals surface area contributed by atoms with Crippen LogP contribution in [-0.4, -0.2) is 18.3 Å². The van der Waals surface area contributed by atoms with Gasteiger partial charge in [0, 0.05) is 15.1 Å². The fraction of sp³-hybridized carbons (Fsp3) is 0.364. The van der Waals surface area contributed by atoms with Gasteiger partial charge in [-0.3, -0.25) is 0 Å².